The number of fused-ring (bicyclic) bond motifs is 8. The molecule has 11 aromatic rings. The zero-order valence-electron chi connectivity index (χ0n) is 35.3. The van der Waals surface area contributed by atoms with Crippen LogP contribution in [-0.4, -0.2) is 19.5 Å². The Morgan fingerprint density at radius 2 is 0.984 bits per heavy atom. The van der Waals surface area contributed by atoms with Crippen LogP contribution in [0.2, 0.25) is 0 Å². The van der Waals surface area contributed by atoms with Gasteiger partial charge in [0.25, 0.3) is 0 Å². The van der Waals surface area contributed by atoms with Crippen LogP contribution in [0.3, 0.4) is 0 Å². The number of nitrogens with zero attached hydrogens (tertiary/aromatic N) is 4. The van der Waals surface area contributed by atoms with E-state index in [0.717, 1.165) is 33.3 Å². The van der Waals surface area contributed by atoms with E-state index in [4.69, 9.17) is 15.0 Å². The van der Waals surface area contributed by atoms with Gasteiger partial charge in [-0.2, -0.15) is 0 Å². The number of benzene rings is 8. The van der Waals surface area contributed by atoms with Gasteiger partial charge in [0.15, 0.2) is 17.5 Å². The predicted molar refractivity (Wildman–Crippen MR) is 262 cm³/mol. The standard InChI is InChI=1S/C57H44N4S/c1-56(2)28-29-57(3,4)48-34-50-45(33-47(48)56)43-16-7-9-18-49(43)61(50)42-25-22-36(23-26-42)53-58-54(60-55(59-53)41-21-20-35-12-5-6-13-37(35)30-41)40-15-11-14-38(31-40)39-24-27-52-46(32-39)44-17-8-10-19-51(44)62-52/h5-27,30-34H,28-29H2,1-4H3. The third-order valence-corrected chi connectivity index (χ3v) is 14.7. The first-order valence-electron chi connectivity index (χ1n) is 21.6. The van der Waals surface area contributed by atoms with Crippen molar-refractivity contribution in [1.29, 1.82) is 0 Å². The van der Waals surface area contributed by atoms with Crippen LogP contribution in [-0.2, 0) is 10.8 Å². The lowest BCUT2D eigenvalue weighted by Gasteiger charge is -2.42. The van der Waals surface area contributed by atoms with Crippen molar-refractivity contribution < 1.29 is 0 Å². The van der Waals surface area contributed by atoms with Crippen LogP contribution in [0.15, 0.2) is 170 Å². The zero-order valence-corrected chi connectivity index (χ0v) is 36.1. The topological polar surface area (TPSA) is 43.6 Å². The van der Waals surface area contributed by atoms with Crippen molar-refractivity contribution in [3.8, 4) is 51.0 Å². The normalized spacial score (nSPS) is 14.6. The summed E-state index contributed by atoms with van der Waals surface area (Å²) in [4.78, 5) is 15.6. The molecule has 0 N–H and O–H groups in total. The first-order valence-corrected chi connectivity index (χ1v) is 22.4. The maximum atomic E-state index is 5.22. The number of hydrogen-bond donors (Lipinski definition) is 0. The van der Waals surface area contributed by atoms with E-state index >= 15 is 0 Å². The summed E-state index contributed by atoms with van der Waals surface area (Å²) in [6, 6.07) is 61.6. The number of para-hydroxylation sites is 1. The molecule has 8 aromatic carbocycles. The fourth-order valence-corrected chi connectivity index (χ4v) is 11.0. The van der Waals surface area contributed by atoms with Crippen LogP contribution in [0.5, 0.6) is 0 Å². The summed E-state index contributed by atoms with van der Waals surface area (Å²) in [5.74, 6) is 1.93. The molecule has 1 aliphatic carbocycles. The van der Waals surface area contributed by atoms with Gasteiger partial charge in [-0.1, -0.05) is 125 Å². The Morgan fingerprint density at radius 1 is 0.403 bits per heavy atom. The molecule has 0 saturated carbocycles. The van der Waals surface area contributed by atoms with Crippen LogP contribution in [0.4, 0.5) is 0 Å². The summed E-state index contributed by atoms with van der Waals surface area (Å²) < 4.78 is 5.04. The van der Waals surface area contributed by atoms with Gasteiger partial charge in [0.05, 0.1) is 11.0 Å². The first-order chi connectivity index (χ1) is 30.2. The second-order valence-corrected chi connectivity index (χ2v) is 19.4. The Bertz CT molecular complexity index is 3590. The quantitative estimate of drug-likeness (QED) is 0.174. The Labute approximate surface area is 365 Å². The molecule has 3 aromatic heterocycles. The fourth-order valence-electron chi connectivity index (χ4n) is 9.90. The lowest BCUT2D eigenvalue weighted by Crippen LogP contribution is -2.33. The number of thiophene rings is 1. The Kier molecular flexibility index (Phi) is 8.20. The molecule has 0 saturated heterocycles. The number of aromatic nitrogens is 4. The lowest BCUT2D eigenvalue weighted by atomic mass is 9.63. The van der Waals surface area contributed by atoms with Gasteiger partial charge in [-0.3, -0.25) is 0 Å². The van der Waals surface area contributed by atoms with Gasteiger partial charge < -0.3 is 4.57 Å². The molecule has 1 aliphatic rings. The van der Waals surface area contributed by atoms with Crippen LogP contribution in [0.25, 0.3) is 104 Å². The number of rotatable bonds is 5. The molecule has 0 aliphatic heterocycles. The minimum atomic E-state index is 0.106. The molecule has 62 heavy (non-hydrogen) atoms. The van der Waals surface area contributed by atoms with E-state index in [0.29, 0.717) is 17.5 Å². The SMILES string of the molecule is CC1(C)CCC(C)(C)c2cc3c(cc21)c1ccccc1n3-c1ccc(-c2nc(-c3cccc(-c4ccc5sc6ccccc6c5c4)c3)nc(-c3ccc4ccccc4c3)n2)cc1. The van der Waals surface area contributed by atoms with Crippen molar-refractivity contribution >= 4 is 64.1 Å². The van der Waals surface area contributed by atoms with Gasteiger partial charge in [0.2, 0.25) is 0 Å². The summed E-state index contributed by atoms with van der Waals surface area (Å²) in [7, 11) is 0. The van der Waals surface area contributed by atoms with Crippen LogP contribution < -0.4 is 0 Å². The summed E-state index contributed by atoms with van der Waals surface area (Å²) in [5.41, 5.74) is 11.9. The van der Waals surface area contributed by atoms with Crippen molar-refractivity contribution in [3.05, 3.63) is 181 Å². The average Bonchev–Trinajstić information content (AvgIpc) is 3.85. The maximum absolute atomic E-state index is 5.22. The van der Waals surface area contributed by atoms with Gasteiger partial charge in [-0.25, -0.2) is 15.0 Å². The summed E-state index contributed by atoms with van der Waals surface area (Å²) in [5, 5.41) is 7.50. The second-order valence-electron chi connectivity index (χ2n) is 18.3. The fraction of sp³-hybridized carbons (Fsp3) is 0.140. The van der Waals surface area contributed by atoms with E-state index < -0.39 is 0 Å². The third-order valence-electron chi connectivity index (χ3n) is 13.5. The minimum absolute atomic E-state index is 0.106. The van der Waals surface area contributed by atoms with Crippen molar-refractivity contribution in [2.24, 2.45) is 0 Å². The van der Waals surface area contributed by atoms with Crippen molar-refractivity contribution in [3.63, 3.8) is 0 Å². The van der Waals surface area contributed by atoms with E-state index in [1.165, 1.54) is 76.9 Å². The minimum Gasteiger partial charge on any atom is -0.309 e. The molecule has 0 atom stereocenters. The molecule has 0 spiro atoms. The predicted octanol–water partition coefficient (Wildman–Crippen LogP) is 15.5. The van der Waals surface area contributed by atoms with Crippen molar-refractivity contribution in [2.75, 3.05) is 0 Å². The molecule has 3 heterocycles. The molecule has 298 valence electrons. The zero-order chi connectivity index (χ0) is 41.7. The maximum Gasteiger partial charge on any atom is 0.164 e. The summed E-state index contributed by atoms with van der Waals surface area (Å²) >= 11 is 1.84. The molecular formula is C57H44N4S. The highest BCUT2D eigenvalue weighted by Crippen LogP contribution is 2.48. The highest BCUT2D eigenvalue weighted by Gasteiger charge is 2.38. The number of hydrogen-bond acceptors (Lipinski definition) is 4. The highest BCUT2D eigenvalue weighted by molar-refractivity contribution is 7.25. The molecule has 0 unspecified atom stereocenters. The van der Waals surface area contributed by atoms with Gasteiger partial charge in [-0.15, -0.1) is 11.3 Å². The van der Waals surface area contributed by atoms with E-state index in [1.807, 2.05) is 11.3 Å². The molecule has 0 bridgehead atoms. The Hall–Kier alpha value is -6.95. The van der Waals surface area contributed by atoms with Crippen molar-refractivity contribution in [2.45, 2.75) is 51.4 Å². The Morgan fingerprint density at radius 3 is 1.77 bits per heavy atom. The molecule has 0 radical (unpaired) electrons. The molecule has 0 fully saturated rings. The molecule has 5 heteroatoms. The molecular weight excluding hydrogens is 773 g/mol. The van der Waals surface area contributed by atoms with E-state index in [-0.39, 0.29) is 10.8 Å². The summed E-state index contributed by atoms with van der Waals surface area (Å²) in [6.45, 7) is 9.63. The van der Waals surface area contributed by atoms with Gasteiger partial charge in [0, 0.05) is 53.3 Å². The Balaban J connectivity index is 0.989. The smallest absolute Gasteiger partial charge is 0.164 e. The highest BCUT2D eigenvalue weighted by atomic mass is 32.1. The lowest BCUT2D eigenvalue weighted by molar-refractivity contribution is 0.332. The largest absolute Gasteiger partial charge is 0.309 e. The van der Waals surface area contributed by atoms with Crippen molar-refractivity contribution in [1.82, 2.24) is 19.5 Å². The van der Waals surface area contributed by atoms with Gasteiger partial charge in [0.1, 0.15) is 0 Å². The molecule has 0 amide bonds. The summed E-state index contributed by atoms with van der Waals surface area (Å²) in [6.07, 6.45) is 2.37. The van der Waals surface area contributed by atoms with E-state index in [1.54, 1.807) is 0 Å². The monoisotopic (exact) mass is 816 g/mol. The van der Waals surface area contributed by atoms with Gasteiger partial charge >= 0.3 is 0 Å². The van der Waals surface area contributed by atoms with Crippen LogP contribution in [0.1, 0.15) is 51.7 Å². The second kappa shape index (κ2) is 13.8. The molecule has 12 rings (SSSR count). The average molecular weight is 817 g/mol. The first kappa shape index (κ1) is 36.9. The molecule has 4 nitrogen and oxygen atoms in total. The van der Waals surface area contributed by atoms with E-state index in [9.17, 15) is 0 Å². The van der Waals surface area contributed by atoms with Crippen LogP contribution in [0, 0.1) is 0 Å². The third kappa shape index (κ3) is 5.98. The van der Waals surface area contributed by atoms with E-state index in [2.05, 4.69) is 202 Å². The van der Waals surface area contributed by atoms with Crippen LogP contribution >= 0.6 is 11.3 Å². The van der Waals surface area contributed by atoms with Gasteiger partial charge in [-0.05, 0) is 129 Å².